The minimum absolute atomic E-state index is 0.0304. The van der Waals surface area contributed by atoms with Gasteiger partial charge < -0.3 is 9.47 Å². The number of ether oxygens (including phenoxy) is 2. The fourth-order valence-electron chi connectivity index (χ4n) is 3.73. The number of esters is 1. The van der Waals surface area contributed by atoms with Crippen LogP contribution in [0.25, 0.3) is 11.1 Å². The number of halogens is 4. The Bertz CT molecular complexity index is 938. The number of carbonyl (C=O) groups is 1. The SMILES string of the molecule is CCOC(=O)C(CC(C)C)c1cc(-c2ccccc2)c(Cl)c(OCC2CC2)c1C(F)(F)F. The van der Waals surface area contributed by atoms with Crippen molar-refractivity contribution in [3.05, 3.63) is 52.5 Å². The topological polar surface area (TPSA) is 35.5 Å². The molecule has 0 bridgehead atoms. The van der Waals surface area contributed by atoms with Crippen molar-refractivity contribution in [2.24, 2.45) is 11.8 Å². The lowest BCUT2D eigenvalue weighted by atomic mass is 9.84. The van der Waals surface area contributed by atoms with Crippen LogP contribution in [0.3, 0.4) is 0 Å². The van der Waals surface area contributed by atoms with Crippen LogP contribution >= 0.6 is 11.6 Å². The van der Waals surface area contributed by atoms with E-state index >= 15 is 0 Å². The maximum atomic E-state index is 14.4. The summed E-state index contributed by atoms with van der Waals surface area (Å²) in [6.45, 7) is 5.60. The highest BCUT2D eigenvalue weighted by atomic mass is 35.5. The van der Waals surface area contributed by atoms with Crippen molar-refractivity contribution in [2.75, 3.05) is 13.2 Å². The van der Waals surface area contributed by atoms with E-state index < -0.39 is 29.4 Å². The monoisotopic (exact) mass is 468 g/mol. The molecule has 3 rings (SSSR count). The zero-order chi connectivity index (χ0) is 23.5. The van der Waals surface area contributed by atoms with Crippen molar-refractivity contribution in [3.8, 4) is 16.9 Å². The minimum Gasteiger partial charge on any atom is -0.491 e. The molecular formula is C25H28ClF3O3. The Kier molecular flexibility index (Phi) is 7.75. The lowest BCUT2D eigenvalue weighted by Crippen LogP contribution is -2.23. The van der Waals surface area contributed by atoms with Gasteiger partial charge in [0.15, 0.2) is 5.75 Å². The van der Waals surface area contributed by atoms with E-state index in [1.165, 1.54) is 6.07 Å². The third-order valence-electron chi connectivity index (χ3n) is 5.43. The molecule has 32 heavy (non-hydrogen) atoms. The number of benzene rings is 2. The zero-order valence-corrected chi connectivity index (χ0v) is 19.2. The number of hydrogen-bond acceptors (Lipinski definition) is 3. The van der Waals surface area contributed by atoms with E-state index in [9.17, 15) is 18.0 Å². The highest BCUT2D eigenvalue weighted by Crippen LogP contribution is 2.50. The fraction of sp³-hybridized carbons (Fsp3) is 0.480. The number of alkyl halides is 3. The van der Waals surface area contributed by atoms with Crippen molar-refractivity contribution < 1.29 is 27.4 Å². The van der Waals surface area contributed by atoms with Crippen molar-refractivity contribution in [3.63, 3.8) is 0 Å². The van der Waals surface area contributed by atoms with Crippen molar-refractivity contribution >= 4 is 17.6 Å². The van der Waals surface area contributed by atoms with Gasteiger partial charge in [-0.2, -0.15) is 13.2 Å². The Balaban J connectivity index is 2.28. The van der Waals surface area contributed by atoms with E-state index in [2.05, 4.69) is 0 Å². The van der Waals surface area contributed by atoms with Gasteiger partial charge >= 0.3 is 12.1 Å². The van der Waals surface area contributed by atoms with E-state index in [0.717, 1.165) is 12.8 Å². The average Bonchev–Trinajstić information content (AvgIpc) is 3.55. The van der Waals surface area contributed by atoms with Crippen molar-refractivity contribution in [1.29, 1.82) is 0 Å². The molecule has 2 aromatic carbocycles. The van der Waals surface area contributed by atoms with E-state index in [1.54, 1.807) is 31.2 Å². The van der Waals surface area contributed by atoms with Gasteiger partial charge in [-0.1, -0.05) is 55.8 Å². The second-order valence-corrected chi connectivity index (χ2v) is 8.96. The molecule has 0 heterocycles. The van der Waals surface area contributed by atoms with Crippen LogP contribution in [-0.4, -0.2) is 19.2 Å². The van der Waals surface area contributed by atoms with Gasteiger partial charge in [-0.25, -0.2) is 0 Å². The van der Waals surface area contributed by atoms with Crippen molar-refractivity contribution in [1.82, 2.24) is 0 Å². The summed E-state index contributed by atoms with van der Waals surface area (Å²) >= 11 is 6.54. The lowest BCUT2D eigenvalue weighted by molar-refractivity contribution is -0.146. The summed E-state index contributed by atoms with van der Waals surface area (Å²) in [4.78, 5) is 12.8. The summed E-state index contributed by atoms with van der Waals surface area (Å²) < 4.78 is 54.1. The van der Waals surface area contributed by atoms with Gasteiger partial charge in [-0.05, 0) is 55.2 Å². The summed E-state index contributed by atoms with van der Waals surface area (Å²) in [7, 11) is 0. The van der Waals surface area contributed by atoms with Crippen LogP contribution in [0, 0.1) is 11.8 Å². The minimum atomic E-state index is -4.76. The number of carbonyl (C=O) groups excluding carboxylic acids is 1. The smallest absolute Gasteiger partial charge is 0.420 e. The second kappa shape index (κ2) is 10.2. The first kappa shape index (κ1) is 24.4. The van der Waals surface area contributed by atoms with Crippen molar-refractivity contribution in [2.45, 2.75) is 52.1 Å². The molecule has 0 amide bonds. The maximum absolute atomic E-state index is 14.4. The predicted octanol–water partition coefficient (Wildman–Crippen LogP) is 7.51. The van der Waals surface area contributed by atoms with Gasteiger partial charge in [0, 0.05) is 5.56 Å². The van der Waals surface area contributed by atoms with Crippen LogP contribution in [0.5, 0.6) is 5.75 Å². The average molecular weight is 469 g/mol. The Labute approximate surface area is 191 Å². The van der Waals surface area contributed by atoms with Crippen LogP contribution in [-0.2, 0) is 15.7 Å². The van der Waals surface area contributed by atoms with Gasteiger partial charge in [-0.15, -0.1) is 0 Å². The molecule has 0 aromatic heterocycles. The first-order valence-corrected chi connectivity index (χ1v) is 11.3. The molecule has 7 heteroatoms. The number of rotatable bonds is 9. The number of hydrogen-bond donors (Lipinski definition) is 0. The summed E-state index contributed by atoms with van der Waals surface area (Å²) in [5, 5.41) is -0.0971. The normalized spacial score (nSPS) is 15.0. The third-order valence-corrected chi connectivity index (χ3v) is 5.81. The largest absolute Gasteiger partial charge is 0.491 e. The molecular weight excluding hydrogens is 441 g/mol. The lowest BCUT2D eigenvalue weighted by Gasteiger charge is -2.26. The Morgan fingerprint density at radius 1 is 1.19 bits per heavy atom. The van der Waals surface area contributed by atoms with E-state index in [1.807, 2.05) is 19.9 Å². The van der Waals surface area contributed by atoms with Gasteiger partial charge in [0.25, 0.3) is 0 Å². The Hall–Kier alpha value is -2.21. The predicted molar refractivity (Wildman–Crippen MR) is 119 cm³/mol. The second-order valence-electron chi connectivity index (χ2n) is 8.58. The highest BCUT2D eigenvalue weighted by Gasteiger charge is 2.43. The molecule has 1 saturated carbocycles. The van der Waals surface area contributed by atoms with Gasteiger partial charge in [0.1, 0.15) is 5.56 Å². The molecule has 1 unspecified atom stereocenters. The summed E-state index contributed by atoms with van der Waals surface area (Å²) in [5.74, 6) is -1.97. The molecule has 0 N–H and O–H groups in total. The summed E-state index contributed by atoms with van der Waals surface area (Å²) in [6.07, 6.45) is -2.71. The zero-order valence-electron chi connectivity index (χ0n) is 18.5. The first-order chi connectivity index (χ1) is 15.1. The molecule has 0 spiro atoms. The summed E-state index contributed by atoms with van der Waals surface area (Å²) in [6, 6.07) is 10.3. The van der Waals surface area contributed by atoms with E-state index in [-0.39, 0.29) is 42.1 Å². The quantitative estimate of drug-likeness (QED) is 0.357. The van der Waals surface area contributed by atoms with E-state index in [0.29, 0.717) is 11.1 Å². The molecule has 0 aliphatic heterocycles. The van der Waals surface area contributed by atoms with Crippen LogP contribution in [0.15, 0.2) is 36.4 Å². The highest BCUT2D eigenvalue weighted by molar-refractivity contribution is 6.35. The molecule has 1 aliphatic carbocycles. The molecule has 2 aromatic rings. The Morgan fingerprint density at radius 3 is 2.38 bits per heavy atom. The fourth-order valence-corrected chi connectivity index (χ4v) is 4.05. The van der Waals surface area contributed by atoms with Gasteiger partial charge in [0.2, 0.25) is 0 Å². The van der Waals surface area contributed by atoms with Crippen LogP contribution < -0.4 is 4.74 Å². The molecule has 0 saturated heterocycles. The van der Waals surface area contributed by atoms with E-state index in [4.69, 9.17) is 21.1 Å². The maximum Gasteiger partial charge on any atom is 0.420 e. The van der Waals surface area contributed by atoms with Gasteiger partial charge in [-0.3, -0.25) is 4.79 Å². The molecule has 0 radical (unpaired) electrons. The molecule has 3 nitrogen and oxygen atoms in total. The Morgan fingerprint density at radius 2 is 1.84 bits per heavy atom. The van der Waals surface area contributed by atoms with Gasteiger partial charge in [0.05, 0.1) is 24.2 Å². The van der Waals surface area contributed by atoms with Crippen LogP contribution in [0.1, 0.15) is 57.1 Å². The molecule has 1 fully saturated rings. The van der Waals surface area contributed by atoms with Crippen LogP contribution in [0.2, 0.25) is 5.02 Å². The third kappa shape index (κ3) is 5.77. The van der Waals surface area contributed by atoms with Crippen LogP contribution in [0.4, 0.5) is 13.2 Å². The molecule has 1 aliphatic rings. The first-order valence-electron chi connectivity index (χ1n) is 10.9. The standard InChI is InChI=1S/C25H28ClF3O3/c1-4-31-24(30)20(12-15(2)3)19-13-18(17-8-6-5-7-9-17)22(26)23(21(19)25(27,28)29)32-14-16-10-11-16/h5-9,13,15-16,20H,4,10-12,14H2,1-3H3. The molecule has 174 valence electrons. The summed E-state index contributed by atoms with van der Waals surface area (Å²) in [5.41, 5.74) is -0.0877. The molecule has 1 atom stereocenters.